The van der Waals surface area contributed by atoms with E-state index in [1.54, 1.807) is 0 Å². The van der Waals surface area contributed by atoms with Gasteiger partial charge in [-0.25, -0.2) is 0 Å². The van der Waals surface area contributed by atoms with Gasteiger partial charge in [0, 0.05) is 0 Å². The van der Waals surface area contributed by atoms with Crippen LogP contribution >= 0.6 is 0 Å². The maximum Gasteiger partial charge on any atom is -0.0105 e. The quantitative estimate of drug-likeness (QED) is 0.471. The lowest BCUT2D eigenvalue weighted by atomic mass is 9.84. The minimum Gasteiger partial charge on any atom is -0.0848 e. The molecule has 0 spiro atoms. The van der Waals surface area contributed by atoms with Gasteiger partial charge in [0.25, 0.3) is 0 Å². The van der Waals surface area contributed by atoms with E-state index in [9.17, 15) is 0 Å². The summed E-state index contributed by atoms with van der Waals surface area (Å²) in [5.74, 6) is 0. The maximum atomic E-state index is 2.39. The lowest BCUT2D eigenvalue weighted by molar-refractivity contribution is 0.515. The Kier molecular flexibility index (Phi) is 8.47. The van der Waals surface area contributed by atoms with Crippen molar-refractivity contribution in [2.24, 2.45) is 5.41 Å². The van der Waals surface area contributed by atoms with Gasteiger partial charge in [0.05, 0.1) is 0 Å². The summed E-state index contributed by atoms with van der Waals surface area (Å²) in [6.07, 6.45) is 14.5. The van der Waals surface area contributed by atoms with Crippen LogP contribution in [0.5, 0.6) is 0 Å². The Morgan fingerprint density at radius 2 is 1.74 bits per heavy atom. The van der Waals surface area contributed by atoms with E-state index in [0.717, 1.165) is 19.3 Å². The fraction of sp³-hybridized carbons (Fsp3) is 0.579. The zero-order valence-corrected chi connectivity index (χ0v) is 14.0. The van der Waals surface area contributed by atoms with Crippen LogP contribution in [0.15, 0.2) is 47.1 Å². The molecule has 0 aliphatic rings. The molecule has 19 heavy (non-hydrogen) atoms. The molecule has 0 bridgehead atoms. The van der Waals surface area contributed by atoms with E-state index in [1.807, 2.05) is 0 Å². The van der Waals surface area contributed by atoms with Crippen molar-refractivity contribution in [3.63, 3.8) is 0 Å². The van der Waals surface area contributed by atoms with Gasteiger partial charge in [0.1, 0.15) is 0 Å². The largest absolute Gasteiger partial charge is 0.0848 e. The summed E-state index contributed by atoms with van der Waals surface area (Å²) in [5, 5.41) is 0. The molecule has 108 valence electrons. The molecule has 0 atom stereocenters. The number of allylic oxidation sites excluding steroid dienone is 8. The molecule has 0 heteroatoms. The molecule has 0 aromatic heterocycles. The second kappa shape index (κ2) is 8.96. The van der Waals surface area contributed by atoms with Gasteiger partial charge in [-0.05, 0) is 44.1 Å². The van der Waals surface area contributed by atoms with E-state index in [4.69, 9.17) is 0 Å². The van der Waals surface area contributed by atoms with Crippen molar-refractivity contribution in [3.05, 3.63) is 47.1 Å². The molecule has 0 aliphatic carbocycles. The fourth-order valence-electron chi connectivity index (χ4n) is 2.02. The van der Waals surface area contributed by atoms with Crippen LogP contribution < -0.4 is 0 Å². The number of hydrogen-bond acceptors (Lipinski definition) is 0. The molecule has 0 amide bonds. The minimum absolute atomic E-state index is 0.231. The van der Waals surface area contributed by atoms with Crippen molar-refractivity contribution in [2.75, 3.05) is 0 Å². The Morgan fingerprint density at radius 3 is 2.16 bits per heavy atom. The van der Waals surface area contributed by atoms with Gasteiger partial charge >= 0.3 is 0 Å². The molecule has 0 N–H and O–H groups in total. The summed E-state index contributed by atoms with van der Waals surface area (Å²) in [6, 6.07) is 0. The van der Waals surface area contributed by atoms with Crippen molar-refractivity contribution in [2.45, 2.75) is 67.7 Å². The molecule has 0 fully saturated rings. The minimum atomic E-state index is 0.231. The average molecular weight is 260 g/mol. The number of hydrogen-bond donors (Lipinski definition) is 0. The van der Waals surface area contributed by atoms with Crippen LogP contribution in [0, 0.1) is 5.41 Å². The topological polar surface area (TPSA) is 0 Å². The highest BCUT2D eigenvalue weighted by atomic mass is 14.2. The molecular formula is C19H32. The van der Waals surface area contributed by atoms with Gasteiger partial charge in [-0.3, -0.25) is 0 Å². The highest BCUT2D eigenvalue weighted by molar-refractivity contribution is 5.30. The summed E-state index contributed by atoms with van der Waals surface area (Å²) in [4.78, 5) is 0. The summed E-state index contributed by atoms with van der Waals surface area (Å²) >= 11 is 0. The molecular weight excluding hydrogens is 228 g/mol. The summed E-state index contributed by atoms with van der Waals surface area (Å²) in [7, 11) is 0. The Labute approximate surface area is 121 Å². The predicted molar refractivity (Wildman–Crippen MR) is 89.4 cm³/mol. The van der Waals surface area contributed by atoms with Crippen LogP contribution in [-0.4, -0.2) is 0 Å². The maximum absolute atomic E-state index is 2.39. The van der Waals surface area contributed by atoms with Crippen molar-refractivity contribution in [1.29, 1.82) is 0 Å². The van der Waals surface area contributed by atoms with Crippen molar-refractivity contribution >= 4 is 0 Å². The van der Waals surface area contributed by atoms with E-state index in [-0.39, 0.29) is 5.41 Å². The standard InChI is InChI=1S/C19H32/c1-8-11-12-13-16(4)14-17(9-2)15-18(10-3)19(5,6)7/h10-13,15H,8-9,14H2,1-7H3/b12-11-,16-13-,17-15+,18-10+. The SMILES string of the molecule is C/C=C(\C=C(/CC)C/C(C)=C\C=C/CC)C(C)(C)C. The molecule has 0 aromatic carbocycles. The normalized spacial score (nSPS) is 15.4. The van der Waals surface area contributed by atoms with Gasteiger partial charge in [0.15, 0.2) is 0 Å². The van der Waals surface area contributed by atoms with Gasteiger partial charge < -0.3 is 0 Å². The van der Waals surface area contributed by atoms with Crippen molar-refractivity contribution < 1.29 is 0 Å². The van der Waals surface area contributed by atoms with Crippen LogP contribution in [0.25, 0.3) is 0 Å². The van der Waals surface area contributed by atoms with Crippen molar-refractivity contribution in [1.82, 2.24) is 0 Å². The molecule has 0 aliphatic heterocycles. The van der Waals surface area contributed by atoms with E-state index in [0.29, 0.717) is 0 Å². The summed E-state index contributed by atoms with van der Waals surface area (Å²) in [5.41, 5.74) is 4.61. The lowest BCUT2D eigenvalue weighted by Gasteiger charge is -2.21. The van der Waals surface area contributed by atoms with E-state index >= 15 is 0 Å². The Morgan fingerprint density at radius 1 is 1.11 bits per heavy atom. The van der Waals surface area contributed by atoms with Gasteiger partial charge in [-0.1, -0.05) is 76.1 Å². The smallest absolute Gasteiger partial charge is 0.0105 e. The molecule has 0 saturated carbocycles. The van der Waals surface area contributed by atoms with E-state index in [2.05, 4.69) is 78.8 Å². The monoisotopic (exact) mass is 260 g/mol. The average Bonchev–Trinajstić information content (AvgIpc) is 2.33. The van der Waals surface area contributed by atoms with E-state index < -0.39 is 0 Å². The van der Waals surface area contributed by atoms with Crippen molar-refractivity contribution in [3.8, 4) is 0 Å². The Hall–Kier alpha value is -1.04. The third-order valence-corrected chi connectivity index (χ3v) is 3.25. The van der Waals surface area contributed by atoms with Gasteiger partial charge in [-0.15, -0.1) is 0 Å². The third-order valence-electron chi connectivity index (χ3n) is 3.25. The third kappa shape index (κ3) is 7.87. The molecule has 0 saturated heterocycles. The highest BCUT2D eigenvalue weighted by Gasteiger charge is 2.14. The van der Waals surface area contributed by atoms with Crippen LogP contribution in [0.4, 0.5) is 0 Å². The first-order valence-corrected chi connectivity index (χ1v) is 7.53. The van der Waals surface area contributed by atoms with Crippen LogP contribution in [0.1, 0.15) is 67.7 Å². The highest BCUT2D eigenvalue weighted by Crippen LogP contribution is 2.29. The van der Waals surface area contributed by atoms with Crippen LogP contribution in [0.3, 0.4) is 0 Å². The second-order valence-electron chi connectivity index (χ2n) is 6.18. The van der Waals surface area contributed by atoms with Gasteiger partial charge in [0.2, 0.25) is 0 Å². The van der Waals surface area contributed by atoms with Gasteiger partial charge in [-0.2, -0.15) is 0 Å². The summed E-state index contributed by atoms with van der Waals surface area (Å²) < 4.78 is 0. The zero-order chi connectivity index (χ0) is 14.9. The summed E-state index contributed by atoms with van der Waals surface area (Å²) in [6.45, 7) is 15.6. The number of rotatable bonds is 6. The molecule has 0 nitrogen and oxygen atoms in total. The first kappa shape index (κ1) is 18.0. The Bertz CT molecular complexity index is 367. The second-order valence-corrected chi connectivity index (χ2v) is 6.18. The lowest BCUT2D eigenvalue weighted by Crippen LogP contribution is -2.08. The Balaban J connectivity index is 4.93. The first-order chi connectivity index (χ1) is 8.85. The molecule has 0 aromatic rings. The van der Waals surface area contributed by atoms with E-state index in [1.165, 1.54) is 16.7 Å². The molecule has 0 rings (SSSR count). The molecule has 0 radical (unpaired) electrons. The molecule has 0 heterocycles. The fourth-order valence-corrected chi connectivity index (χ4v) is 2.02. The van der Waals surface area contributed by atoms with Crippen LogP contribution in [-0.2, 0) is 0 Å². The predicted octanol–water partition coefficient (Wildman–Crippen LogP) is 6.62. The zero-order valence-electron chi connectivity index (χ0n) is 14.0. The molecule has 0 unspecified atom stereocenters. The van der Waals surface area contributed by atoms with Crippen LogP contribution in [0.2, 0.25) is 0 Å². The first-order valence-electron chi connectivity index (χ1n) is 7.53.